The second-order valence-corrected chi connectivity index (χ2v) is 7.07. The zero-order valence-electron chi connectivity index (χ0n) is 12.1. The van der Waals surface area contributed by atoms with Crippen molar-refractivity contribution in [1.29, 1.82) is 0 Å². The molecule has 17 heavy (non-hydrogen) atoms. The molecule has 2 aliphatic rings. The van der Waals surface area contributed by atoms with E-state index >= 15 is 0 Å². The molecule has 0 radical (unpaired) electrons. The van der Waals surface area contributed by atoms with Gasteiger partial charge in [-0.15, -0.1) is 0 Å². The van der Waals surface area contributed by atoms with Gasteiger partial charge in [-0.25, -0.2) is 0 Å². The Morgan fingerprint density at radius 1 is 1.18 bits per heavy atom. The molecule has 2 rings (SSSR count). The van der Waals surface area contributed by atoms with Crippen LogP contribution in [-0.4, -0.2) is 36.1 Å². The molecule has 0 spiro atoms. The monoisotopic (exact) mass is 238 g/mol. The first-order chi connectivity index (χ1) is 7.98. The number of piperazine rings is 1. The van der Waals surface area contributed by atoms with Gasteiger partial charge in [0.25, 0.3) is 0 Å². The van der Waals surface area contributed by atoms with Crippen molar-refractivity contribution in [1.82, 2.24) is 10.2 Å². The first-order valence-electron chi connectivity index (χ1n) is 7.47. The molecule has 100 valence electrons. The Bertz CT molecular complexity index is 249. The number of nitrogens with one attached hydrogen (secondary N) is 1. The lowest BCUT2D eigenvalue weighted by Gasteiger charge is -2.45. The average Bonchev–Trinajstić information content (AvgIpc) is 2.26. The summed E-state index contributed by atoms with van der Waals surface area (Å²) < 4.78 is 0. The lowest BCUT2D eigenvalue weighted by molar-refractivity contribution is 0.0671. The van der Waals surface area contributed by atoms with Gasteiger partial charge in [0, 0.05) is 31.2 Å². The molecule has 1 heterocycles. The Morgan fingerprint density at radius 2 is 1.88 bits per heavy atom. The van der Waals surface area contributed by atoms with Crippen LogP contribution in [0.5, 0.6) is 0 Å². The van der Waals surface area contributed by atoms with Crippen LogP contribution in [0.3, 0.4) is 0 Å². The Morgan fingerprint density at radius 3 is 2.59 bits per heavy atom. The van der Waals surface area contributed by atoms with Crippen molar-refractivity contribution in [2.75, 3.05) is 19.6 Å². The fraction of sp³-hybridized carbons (Fsp3) is 1.00. The van der Waals surface area contributed by atoms with Gasteiger partial charge >= 0.3 is 0 Å². The zero-order valence-corrected chi connectivity index (χ0v) is 12.1. The number of rotatable bonds is 2. The van der Waals surface area contributed by atoms with Crippen LogP contribution in [-0.2, 0) is 0 Å². The second-order valence-electron chi connectivity index (χ2n) is 7.07. The standard InChI is InChI=1S/C15H30N2/c1-12-7-5-6-8-14(12)10-17-11-15(3,4)16-9-13(17)2/h12-14,16H,5-11H2,1-4H3. The highest BCUT2D eigenvalue weighted by Crippen LogP contribution is 2.31. The topological polar surface area (TPSA) is 15.3 Å². The minimum absolute atomic E-state index is 0.296. The first-order valence-corrected chi connectivity index (χ1v) is 7.47. The summed E-state index contributed by atoms with van der Waals surface area (Å²) in [5, 5.41) is 3.64. The molecule has 1 aliphatic heterocycles. The molecule has 1 saturated carbocycles. The largest absolute Gasteiger partial charge is 0.309 e. The molecule has 3 atom stereocenters. The summed E-state index contributed by atoms with van der Waals surface area (Å²) in [6, 6.07) is 0.706. The van der Waals surface area contributed by atoms with Crippen LogP contribution in [0.1, 0.15) is 53.4 Å². The highest BCUT2D eigenvalue weighted by molar-refractivity contribution is 4.91. The Hall–Kier alpha value is -0.0800. The molecule has 0 aromatic heterocycles. The summed E-state index contributed by atoms with van der Waals surface area (Å²) in [6.07, 6.45) is 5.83. The van der Waals surface area contributed by atoms with E-state index in [9.17, 15) is 0 Å². The Labute approximate surface area is 107 Å². The summed E-state index contributed by atoms with van der Waals surface area (Å²) in [7, 11) is 0. The molecular formula is C15H30N2. The summed E-state index contributed by atoms with van der Waals surface area (Å²) in [4.78, 5) is 2.73. The van der Waals surface area contributed by atoms with E-state index in [2.05, 4.69) is 37.9 Å². The van der Waals surface area contributed by atoms with E-state index in [4.69, 9.17) is 0 Å². The van der Waals surface area contributed by atoms with Gasteiger partial charge in [-0.2, -0.15) is 0 Å². The maximum atomic E-state index is 3.64. The fourth-order valence-electron chi connectivity index (χ4n) is 3.48. The predicted molar refractivity (Wildman–Crippen MR) is 74.2 cm³/mol. The van der Waals surface area contributed by atoms with Gasteiger partial charge in [-0.05, 0) is 39.0 Å². The van der Waals surface area contributed by atoms with Gasteiger partial charge in [-0.3, -0.25) is 4.90 Å². The maximum absolute atomic E-state index is 3.64. The highest BCUT2D eigenvalue weighted by atomic mass is 15.2. The fourth-order valence-corrected chi connectivity index (χ4v) is 3.48. The third-order valence-corrected chi connectivity index (χ3v) is 4.86. The smallest absolute Gasteiger partial charge is 0.0252 e. The number of hydrogen-bond donors (Lipinski definition) is 1. The maximum Gasteiger partial charge on any atom is 0.0252 e. The van der Waals surface area contributed by atoms with E-state index in [-0.39, 0.29) is 0 Å². The van der Waals surface area contributed by atoms with Crippen LogP contribution >= 0.6 is 0 Å². The van der Waals surface area contributed by atoms with Crippen molar-refractivity contribution in [3.8, 4) is 0 Å². The van der Waals surface area contributed by atoms with Crippen molar-refractivity contribution in [3.63, 3.8) is 0 Å². The third kappa shape index (κ3) is 3.45. The van der Waals surface area contributed by atoms with E-state index in [1.807, 2.05) is 0 Å². The lowest BCUT2D eigenvalue weighted by atomic mass is 9.79. The SMILES string of the molecule is CC1CCCCC1CN1CC(C)(C)NCC1C. The average molecular weight is 238 g/mol. The molecule has 0 aromatic rings. The molecule has 1 aliphatic carbocycles. The molecule has 3 unspecified atom stereocenters. The summed E-state index contributed by atoms with van der Waals surface area (Å²) in [5.41, 5.74) is 0.296. The molecule has 2 heteroatoms. The van der Waals surface area contributed by atoms with Crippen molar-refractivity contribution in [2.45, 2.75) is 65.0 Å². The Kier molecular flexibility index (Phi) is 4.14. The first kappa shape index (κ1) is 13.4. The van der Waals surface area contributed by atoms with Crippen LogP contribution in [0.25, 0.3) is 0 Å². The molecular weight excluding hydrogens is 208 g/mol. The van der Waals surface area contributed by atoms with Gasteiger partial charge in [0.2, 0.25) is 0 Å². The third-order valence-electron chi connectivity index (χ3n) is 4.86. The minimum atomic E-state index is 0.296. The lowest BCUT2D eigenvalue weighted by Crippen LogP contribution is -2.61. The van der Waals surface area contributed by atoms with Crippen LogP contribution in [0.2, 0.25) is 0 Å². The normalized spacial score (nSPS) is 39.2. The van der Waals surface area contributed by atoms with E-state index in [0.717, 1.165) is 18.4 Å². The van der Waals surface area contributed by atoms with Crippen molar-refractivity contribution < 1.29 is 0 Å². The molecule has 1 saturated heterocycles. The van der Waals surface area contributed by atoms with Crippen LogP contribution in [0, 0.1) is 11.8 Å². The highest BCUT2D eigenvalue weighted by Gasteiger charge is 2.32. The quantitative estimate of drug-likeness (QED) is 0.796. The van der Waals surface area contributed by atoms with Gasteiger partial charge in [0.15, 0.2) is 0 Å². The second kappa shape index (κ2) is 5.27. The summed E-state index contributed by atoms with van der Waals surface area (Å²) in [5.74, 6) is 1.88. The molecule has 0 amide bonds. The van der Waals surface area contributed by atoms with E-state index in [1.165, 1.54) is 38.8 Å². The number of nitrogens with zero attached hydrogens (tertiary/aromatic N) is 1. The summed E-state index contributed by atoms with van der Waals surface area (Å²) >= 11 is 0. The van der Waals surface area contributed by atoms with Crippen LogP contribution < -0.4 is 5.32 Å². The van der Waals surface area contributed by atoms with Crippen molar-refractivity contribution in [3.05, 3.63) is 0 Å². The molecule has 2 fully saturated rings. The summed E-state index contributed by atoms with van der Waals surface area (Å²) in [6.45, 7) is 13.2. The molecule has 1 N–H and O–H groups in total. The van der Waals surface area contributed by atoms with E-state index in [1.54, 1.807) is 0 Å². The van der Waals surface area contributed by atoms with Crippen molar-refractivity contribution in [2.24, 2.45) is 11.8 Å². The molecule has 0 bridgehead atoms. The van der Waals surface area contributed by atoms with Gasteiger partial charge in [-0.1, -0.05) is 26.2 Å². The Balaban J connectivity index is 1.91. The van der Waals surface area contributed by atoms with E-state index < -0.39 is 0 Å². The minimum Gasteiger partial charge on any atom is -0.309 e. The van der Waals surface area contributed by atoms with Gasteiger partial charge < -0.3 is 5.32 Å². The van der Waals surface area contributed by atoms with Crippen molar-refractivity contribution >= 4 is 0 Å². The van der Waals surface area contributed by atoms with Crippen LogP contribution in [0.15, 0.2) is 0 Å². The molecule has 0 aromatic carbocycles. The number of hydrogen-bond acceptors (Lipinski definition) is 2. The van der Waals surface area contributed by atoms with Crippen LogP contribution in [0.4, 0.5) is 0 Å². The van der Waals surface area contributed by atoms with Gasteiger partial charge in [0.1, 0.15) is 0 Å². The predicted octanol–water partition coefficient (Wildman–Crippen LogP) is 2.89. The van der Waals surface area contributed by atoms with Gasteiger partial charge in [0.05, 0.1) is 0 Å². The molecule has 2 nitrogen and oxygen atoms in total. The zero-order chi connectivity index (χ0) is 12.5. The van der Waals surface area contributed by atoms with E-state index in [0.29, 0.717) is 11.6 Å².